The predicted octanol–water partition coefficient (Wildman–Crippen LogP) is 2.10. The highest BCUT2D eigenvalue weighted by molar-refractivity contribution is 6.62. The van der Waals surface area contributed by atoms with Crippen LogP contribution in [-0.2, 0) is 25.3 Å². The fourth-order valence-electron chi connectivity index (χ4n) is 2.34. The van der Waals surface area contributed by atoms with E-state index in [0.717, 1.165) is 17.4 Å². The number of rotatable bonds is 5. The van der Waals surface area contributed by atoms with Gasteiger partial charge in [-0.25, -0.2) is 4.79 Å². The molecule has 1 aromatic rings. The van der Waals surface area contributed by atoms with Crippen LogP contribution in [0.3, 0.4) is 0 Å². The lowest BCUT2D eigenvalue weighted by Gasteiger charge is -2.32. The zero-order valence-corrected chi connectivity index (χ0v) is 14.8. The highest BCUT2D eigenvalue weighted by atomic mass is 16.7. The van der Waals surface area contributed by atoms with Gasteiger partial charge in [-0.05, 0) is 51.2 Å². The van der Waals surface area contributed by atoms with Crippen molar-refractivity contribution in [3.05, 3.63) is 23.8 Å². The molecule has 1 saturated heterocycles. The molecular weight excluding hydrogens is 295 g/mol. The second-order valence-corrected chi connectivity index (χ2v) is 6.67. The zero-order chi connectivity index (χ0) is 17.3. The van der Waals surface area contributed by atoms with Gasteiger partial charge in [-0.1, -0.05) is 19.1 Å². The summed E-state index contributed by atoms with van der Waals surface area (Å²) >= 11 is 0. The Morgan fingerprint density at radius 1 is 1.17 bits per heavy atom. The van der Waals surface area contributed by atoms with Crippen LogP contribution in [0.1, 0.15) is 40.2 Å². The highest BCUT2D eigenvalue weighted by Crippen LogP contribution is 2.36. The van der Waals surface area contributed by atoms with Crippen LogP contribution in [0.5, 0.6) is 5.75 Å². The molecule has 0 N–H and O–H groups in total. The van der Waals surface area contributed by atoms with Crippen LogP contribution in [0.25, 0.3) is 0 Å². The van der Waals surface area contributed by atoms with E-state index in [0.29, 0.717) is 5.75 Å². The van der Waals surface area contributed by atoms with E-state index >= 15 is 0 Å². The van der Waals surface area contributed by atoms with E-state index < -0.39 is 13.1 Å². The van der Waals surface area contributed by atoms with E-state index in [-0.39, 0.29) is 17.8 Å². The molecule has 1 heterocycles. The van der Waals surface area contributed by atoms with Gasteiger partial charge in [0.05, 0.1) is 18.3 Å². The van der Waals surface area contributed by atoms with Gasteiger partial charge in [0.15, 0.2) is 6.61 Å². The summed E-state index contributed by atoms with van der Waals surface area (Å²) in [7, 11) is 0.938. The highest BCUT2D eigenvalue weighted by Gasteiger charge is 2.51. The first-order chi connectivity index (χ1) is 10.7. The van der Waals surface area contributed by atoms with Crippen molar-refractivity contribution in [2.75, 3.05) is 13.7 Å². The van der Waals surface area contributed by atoms with Crippen LogP contribution in [-0.4, -0.2) is 38.0 Å². The molecule has 2 rings (SSSR count). The molecule has 0 amide bonds. The first-order valence-electron chi connectivity index (χ1n) is 7.88. The molecule has 1 fully saturated rings. The molecule has 5 nitrogen and oxygen atoms in total. The van der Waals surface area contributed by atoms with Crippen molar-refractivity contribution in [3.8, 4) is 5.75 Å². The first kappa shape index (κ1) is 17.8. The molecule has 0 saturated carbocycles. The Kier molecular flexibility index (Phi) is 5.06. The summed E-state index contributed by atoms with van der Waals surface area (Å²) in [5, 5.41) is 0. The summed E-state index contributed by atoms with van der Waals surface area (Å²) in [5.74, 6) is 0.278. The SMILES string of the molecule is CCc1cc(B2OC(C)(C)C(C)(C)O2)ccc1OCC(=O)OC. The van der Waals surface area contributed by atoms with E-state index in [4.69, 9.17) is 14.0 Å². The number of benzene rings is 1. The van der Waals surface area contributed by atoms with E-state index in [9.17, 15) is 4.79 Å². The van der Waals surface area contributed by atoms with E-state index in [1.54, 1.807) is 0 Å². The molecule has 1 aliphatic heterocycles. The molecule has 0 radical (unpaired) electrons. The third kappa shape index (κ3) is 3.70. The lowest BCUT2D eigenvalue weighted by molar-refractivity contribution is -0.142. The fraction of sp³-hybridized carbons (Fsp3) is 0.588. The Morgan fingerprint density at radius 3 is 2.30 bits per heavy atom. The zero-order valence-electron chi connectivity index (χ0n) is 14.8. The number of ether oxygens (including phenoxy) is 2. The van der Waals surface area contributed by atoms with Crippen LogP contribution in [0.15, 0.2) is 18.2 Å². The molecule has 0 aliphatic carbocycles. The number of methoxy groups -OCH3 is 1. The Bertz CT molecular complexity index is 566. The van der Waals surface area contributed by atoms with Crippen molar-refractivity contribution in [3.63, 3.8) is 0 Å². The van der Waals surface area contributed by atoms with Crippen molar-refractivity contribution in [1.82, 2.24) is 0 Å². The van der Waals surface area contributed by atoms with E-state index in [1.165, 1.54) is 7.11 Å². The number of esters is 1. The summed E-state index contributed by atoms with van der Waals surface area (Å²) in [6, 6.07) is 5.77. The lowest BCUT2D eigenvalue weighted by Crippen LogP contribution is -2.41. The van der Waals surface area contributed by atoms with Crippen molar-refractivity contribution < 1.29 is 23.6 Å². The smallest absolute Gasteiger partial charge is 0.482 e. The molecule has 1 aliphatic rings. The number of hydrogen-bond acceptors (Lipinski definition) is 5. The van der Waals surface area contributed by atoms with E-state index in [2.05, 4.69) is 4.74 Å². The predicted molar refractivity (Wildman–Crippen MR) is 89.0 cm³/mol. The number of carbonyl (C=O) groups excluding carboxylic acids is 1. The van der Waals surface area contributed by atoms with Gasteiger partial charge >= 0.3 is 13.1 Å². The van der Waals surface area contributed by atoms with Gasteiger partial charge in [0.2, 0.25) is 0 Å². The van der Waals surface area contributed by atoms with Crippen molar-refractivity contribution in [1.29, 1.82) is 0 Å². The Balaban J connectivity index is 2.18. The van der Waals surface area contributed by atoms with Crippen LogP contribution >= 0.6 is 0 Å². The summed E-state index contributed by atoms with van der Waals surface area (Å²) in [5.41, 5.74) is 1.21. The van der Waals surface area contributed by atoms with Gasteiger partial charge in [0.1, 0.15) is 5.75 Å². The van der Waals surface area contributed by atoms with Gasteiger partial charge in [-0.3, -0.25) is 0 Å². The summed E-state index contributed by atoms with van der Waals surface area (Å²) in [6.07, 6.45) is 0.782. The van der Waals surface area contributed by atoms with Crippen LogP contribution in [0, 0.1) is 0 Å². The largest absolute Gasteiger partial charge is 0.494 e. The third-order valence-electron chi connectivity index (χ3n) is 4.56. The molecule has 126 valence electrons. The minimum Gasteiger partial charge on any atom is -0.482 e. The molecule has 0 atom stereocenters. The Morgan fingerprint density at radius 2 is 1.78 bits per heavy atom. The molecule has 0 unspecified atom stereocenters. The molecule has 0 spiro atoms. The monoisotopic (exact) mass is 320 g/mol. The lowest BCUT2D eigenvalue weighted by atomic mass is 9.78. The van der Waals surface area contributed by atoms with Crippen molar-refractivity contribution >= 4 is 18.6 Å². The van der Waals surface area contributed by atoms with Crippen LogP contribution < -0.4 is 10.2 Å². The first-order valence-corrected chi connectivity index (χ1v) is 7.88. The van der Waals surface area contributed by atoms with Crippen molar-refractivity contribution in [2.45, 2.75) is 52.2 Å². The Hall–Kier alpha value is -1.53. The molecular formula is C17H25BO5. The standard InChI is InChI=1S/C17H25BO5/c1-7-12-10-13(8-9-14(12)21-11-15(19)20-6)18-22-16(2,3)17(4,5)23-18/h8-10H,7,11H2,1-6H3. The number of carbonyl (C=O) groups is 1. The Labute approximate surface area is 138 Å². The summed E-state index contributed by atoms with van der Waals surface area (Å²) in [6.45, 7) is 10.1. The topological polar surface area (TPSA) is 54.0 Å². The molecule has 1 aromatic carbocycles. The summed E-state index contributed by atoms with van der Waals surface area (Å²) < 4.78 is 22.3. The van der Waals surface area contributed by atoms with Crippen LogP contribution in [0.4, 0.5) is 0 Å². The number of aryl methyl sites for hydroxylation is 1. The average Bonchev–Trinajstić information content (AvgIpc) is 2.72. The maximum Gasteiger partial charge on any atom is 0.494 e. The second-order valence-electron chi connectivity index (χ2n) is 6.67. The van der Waals surface area contributed by atoms with Gasteiger partial charge in [0, 0.05) is 0 Å². The maximum atomic E-state index is 11.2. The molecule has 6 heteroatoms. The van der Waals surface area contributed by atoms with Crippen LogP contribution in [0.2, 0.25) is 0 Å². The van der Waals surface area contributed by atoms with E-state index in [1.807, 2.05) is 52.8 Å². The maximum absolute atomic E-state index is 11.2. The third-order valence-corrected chi connectivity index (χ3v) is 4.56. The fourth-order valence-corrected chi connectivity index (χ4v) is 2.34. The van der Waals surface area contributed by atoms with Gasteiger partial charge in [-0.15, -0.1) is 0 Å². The number of hydrogen-bond donors (Lipinski definition) is 0. The molecule has 0 aromatic heterocycles. The minimum absolute atomic E-state index is 0.0979. The van der Waals surface area contributed by atoms with Gasteiger partial charge in [-0.2, -0.15) is 0 Å². The average molecular weight is 320 g/mol. The summed E-state index contributed by atoms with van der Waals surface area (Å²) in [4.78, 5) is 11.2. The second kappa shape index (κ2) is 6.53. The van der Waals surface area contributed by atoms with Crippen molar-refractivity contribution in [2.24, 2.45) is 0 Å². The quantitative estimate of drug-likeness (QED) is 0.614. The molecule has 0 bridgehead atoms. The minimum atomic E-state index is -0.403. The molecule has 23 heavy (non-hydrogen) atoms. The normalized spacial score (nSPS) is 18.8. The van der Waals surface area contributed by atoms with Gasteiger partial charge in [0.25, 0.3) is 0 Å². The van der Waals surface area contributed by atoms with Gasteiger partial charge < -0.3 is 18.8 Å².